The first-order valence-electron chi connectivity index (χ1n) is 10.8. The summed E-state index contributed by atoms with van der Waals surface area (Å²) in [5.41, 5.74) is 3.46. The number of piperidine rings is 1. The number of carbonyl (C=O) groups excluding carboxylic acids is 1. The van der Waals surface area contributed by atoms with Crippen molar-refractivity contribution in [1.29, 1.82) is 0 Å². The maximum Gasteiger partial charge on any atom is 0.162 e. The van der Waals surface area contributed by atoms with Gasteiger partial charge in [0.1, 0.15) is 5.75 Å². The molecule has 0 N–H and O–H groups in total. The van der Waals surface area contributed by atoms with Gasteiger partial charge in [-0.25, -0.2) is 0 Å². The van der Waals surface area contributed by atoms with E-state index in [2.05, 4.69) is 41.3 Å². The van der Waals surface area contributed by atoms with E-state index in [1.165, 1.54) is 24.0 Å². The summed E-state index contributed by atoms with van der Waals surface area (Å²) in [4.78, 5) is 15.3. The number of nitrogens with zero attached hydrogens (tertiary/aromatic N) is 1. The highest BCUT2D eigenvalue weighted by atomic mass is 16.5. The summed E-state index contributed by atoms with van der Waals surface area (Å²) in [7, 11) is 0. The van der Waals surface area contributed by atoms with Crippen molar-refractivity contribution in [1.82, 2.24) is 4.90 Å². The van der Waals surface area contributed by atoms with Gasteiger partial charge < -0.3 is 4.74 Å². The molecule has 2 aromatic rings. The van der Waals surface area contributed by atoms with Crippen LogP contribution in [0.15, 0.2) is 48.5 Å². The van der Waals surface area contributed by atoms with Crippen LogP contribution in [-0.2, 0) is 13.0 Å². The molecule has 2 aromatic carbocycles. The summed E-state index contributed by atoms with van der Waals surface area (Å²) in [6.45, 7) is 4.13. The Bertz CT molecular complexity index is 778. The Labute approximate surface area is 168 Å². The molecule has 0 bridgehead atoms. The smallest absolute Gasteiger partial charge is 0.162 e. The zero-order chi connectivity index (χ0) is 19.2. The number of ketones is 1. The maximum atomic E-state index is 12.7. The highest BCUT2D eigenvalue weighted by molar-refractivity contribution is 5.96. The molecule has 148 valence electrons. The van der Waals surface area contributed by atoms with E-state index in [0.29, 0.717) is 18.1 Å². The predicted molar refractivity (Wildman–Crippen MR) is 113 cm³/mol. The van der Waals surface area contributed by atoms with Crippen molar-refractivity contribution in [3.63, 3.8) is 0 Å². The summed E-state index contributed by atoms with van der Waals surface area (Å²) in [6, 6.07) is 16.7. The van der Waals surface area contributed by atoms with E-state index in [1.807, 2.05) is 12.1 Å². The molecule has 3 nitrogen and oxygen atoms in total. The van der Waals surface area contributed by atoms with E-state index in [0.717, 1.165) is 63.2 Å². The van der Waals surface area contributed by atoms with E-state index in [4.69, 9.17) is 4.74 Å². The third-order valence-corrected chi connectivity index (χ3v) is 6.22. The van der Waals surface area contributed by atoms with E-state index in [-0.39, 0.29) is 0 Å². The topological polar surface area (TPSA) is 29.5 Å². The number of hydrogen-bond acceptors (Lipinski definition) is 3. The monoisotopic (exact) mass is 377 g/mol. The van der Waals surface area contributed by atoms with Gasteiger partial charge in [-0.15, -0.1) is 0 Å². The van der Waals surface area contributed by atoms with Crippen LogP contribution in [0.4, 0.5) is 0 Å². The van der Waals surface area contributed by atoms with Crippen molar-refractivity contribution in [3.8, 4) is 5.75 Å². The van der Waals surface area contributed by atoms with E-state index in [9.17, 15) is 4.79 Å². The molecule has 0 aromatic heterocycles. The molecule has 2 heterocycles. The highest BCUT2D eigenvalue weighted by Crippen LogP contribution is 2.27. The van der Waals surface area contributed by atoms with Gasteiger partial charge in [-0.3, -0.25) is 9.69 Å². The molecule has 2 aliphatic rings. The molecule has 1 fully saturated rings. The molecule has 0 atom stereocenters. The normalized spacial score (nSPS) is 18.1. The number of hydrogen-bond donors (Lipinski definition) is 0. The van der Waals surface area contributed by atoms with Gasteiger partial charge in [0.2, 0.25) is 0 Å². The first kappa shape index (κ1) is 19.2. The SMILES string of the molecule is O=C(CCC1CCN(Cc2ccccc2)CC1)c1ccc2c(c1)CCCCO2. The third-order valence-electron chi connectivity index (χ3n) is 6.22. The Morgan fingerprint density at radius 1 is 1.04 bits per heavy atom. The Kier molecular flexibility index (Phi) is 6.43. The molecule has 0 amide bonds. The summed E-state index contributed by atoms with van der Waals surface area (Å²) < 4.78 is 5.77. The number of rotatable bonds is 6. The second-order valence-corrected chi connectivity index (χ2v) is 8.30. The minimum Gasteiger partial charge on any atom is -0.493 e. The first-order chi connectivity index (χ1) is 13.8. The van der Waals surface area contributed by atoms with Crippen molar-refractivity contribution >= 4 is 5.78 Å². The Hall–Kier alpha value is -2.13. The number of ether oxygens (including phenoxy) is 1. The zero-order valence-electron chi connectivity index (χ0n) is 16.7. The molecule has 3 heteroatoms. The molecule has 0 saturated carbocycles. The number of Topliss-reactive ketones (excluding diaryl/α,β-unsaturated/α-hetero) is 1. The van der Waals surface area contributed by atoms with Crippen molar-refractivity contribution in [3.05, 3.63) is 65.2 Å². The fraction of sp³-hybridized carbons (Fsp3) is 0.480. The molecule has 1 saturated heterocycles. The van der Waals surface area contributed by atoms with Crippen molar-refractivity contribution in [2.75, 3.05) is 19.7 Å². The lowest BCUT2D eigenvalue weighted by Crippen LogP contribution is -2.33. The van der Waals surface area contributed by atoms with Crippen LogP contribution in [0.3, 0.4) is 0 Å². The predicted octanol–water partition coefficient (Wildman–Crippen LogP) is 5.28. The quantitative estimate of drug-likeness (QED) is 0.642. The standard InChI is InChI=1S/C25H31NO2/c27-24(22-10-12-25-23(18-22)8-4-5-17-28-25)11-9-20-13-15-26(16-14-20)19-21-6-2-1-3-7-21/h1-3,6-7,10,12,18,20H,4-5,8-9,11,13-17,19H2. The molecule has 0 unspecified atom stereocenters. The molecule has 4 rings (SSSR count). The summed E-state index contributed by atoms with van der Waals surface area (Å²) in [5.74, 6) is 1.94. The van der Waals surface area contributed by atoms with E-state index in [1.54, 1.807) is 0 Å². The molecular weight excluding hydrogens is 346 g/mol. The van der Waals surface area contributed by atoms with Gasteiger partial charge in [-0.2, -0.15) is 0 Å². The number of likely N-dealkylation sites (tertiary alicyclic amines) is 1. The van der Waals surface area contributed by atoms with Crippen LogP contribution in [-0.4, -0.2) is 30.4 Å². The number of fused-ring (bicyclic) bond motifs is 1. The first-order valence-corrected chi connectivity index (χ1v) is 10.8. The largest absolute Gasteiger partial charge is 0.493 e. The Morgan fingerprint density at radius 3 is 2.68 bits per heavy atom. The van der Waals surface area contributed by atoms with Gasteiger partial charge in [0.25, 0.3) is 0 Å². The molecule has 0 aliphatic carbocycles. The zero-order valence-corrected chi connectivity index (χ0v) is 16.7. The van der Waals surface area contributed by atoms with E-state index >= 15 is 0 Å². The Morgan fingerprint density at radius 2 is 1.86 bits per heavy atom. The summed E-state index contributed by atoms with van der Waals surface area (Å²) >= 11 is 0. The molecule has 0 spiro atoms. The van der Waals surface area contributed by atoms with Crippen molar-refractivity contribution in [2.45, 2.75) is 51.5 Å². The lowest BCUT2D eigenvalue weighted by Gasteiger charge is -2.32. The number of benzene rings is 2. The lowest BCUT2D eigenvalue weighted by molar-refractivity contribution is 0.0961. The van der Waals surface area contributed by atoms with Gasteiger partial charge in [0.05, 0.1) is 6.61 Å². The minimum absolute atomic E-state index is 0.291. The van der Waals surface area contributed by atoms with Crippen LogP contribution in [0.1, 0.15) is 60.0 Å². The van der Waals surface area contributed by atoms with Gasteiger partial charge in [0.15, 0.2) is 5.78 Å². The summed E-state index contributed by atoms with van der Waals surface area (Å²) in [5, 5.41) is 0. The maximum absolute atomic E-state index is 12.7. The van der Waals surface area contributed by atoms with Crippen molar-refractivity contribution in [2.24, 2.45) is 5.92 Å². The average molecular weight is 378 g/mol. The second-order valence-electron chi connectivity index (χ2n) is 8.30. The van der Waals surface area contributed by atoms with Gasteiger partial charge in [-0.1, -0.05) is 30.3 Å². The number of aryl methyl sites for hydroxylation is 1. The Balaban J connectivity index is 1.24. The van der Waals surface area contributed by atoms with Crippen LogP contribution in [0.2, 0.25) is 0 Å². The fourth-order valence-electron chi connectivity index (χ4n) is 4.44. The number of carbonyl (C=O) groups is 1. The average Bonchev–Trinajstić information content (AvgIpc) is 2.98. The van der Waals surface area contributed by atoms with Gasteiger partial charge in [-0.05, 0) is 86.9 Å². The van der Waals surface area contributed by atoms with Crippen LogP contribution in [0.5, 0.6) is 5.75 Å². The fourth-order valence-corrected chi connectivity index (χ4v) is 4.44. The lowest BCUT2D eigenvalue weighted by atomic mass is 9.90. The molecule has 0 radical (unpaired) electrons. The minimum atomic E-state index is 0.291. The highest BCUT2D eigenvalue weighted by Gasteiger charge is 2.21. The van der Waals surface area contributed by atoms with Crippen molar-refractivity contribution < 1.29 is 9.53 Å². The van der Waals surface area contributed by atoms with Gasteiger partial charge >= 0.3 is 0 Å². The van der Waals surface area contributed by atoms with Crippen LogP contribution in [0, 0.1) is 5.92 Å². The summed E-state index contributed by atoms with van der Waals surface area (Å²) in [6.07, 6.45) is 7.37. The van der Waals surface area contributed by atoms with E-state index < -0.39 is 0 Å². The molecule has 2 aliphatic heterocycles. The molecular formula is C25H31NO2. The van der Waals surface area contributed by atoms with Crippen LogP contribution in [0.25, 0.3) is 0 Å². The van der Waals surface area contributed by atoms with Crippen LogP contribution < -0.4 is 4.74 Å². The second kappa shape index (κ2) is 9.38. The third kappa shape index (κ3) is 5.02. The molecule has 28 heavy (non-hydrogen) atoms. The van der Waals surface area contributed by atoms with Gasteiger partial charge in [0, 0.05) is 18.5 Å². The van der Waals surface area contributed by atoms with Crippen LogP contribution >= 0.6 is 0 Å².